The molecule has 1 aromatic rings. The lowest BCUT2D eigenvalue weighted by Crippen LogP contribution is -2.50. The number of anilines is 1. The number of nitrogens with one attached hydrogen (secondary N) is 2. The molecule has 0 spiro atoms. The van der Waals surface area contributed by atoms with E-state index in [1.54, 1.807) is 6.21 Å². The van der Waals surface area contributed by atoms with Gasteiger partial charge in [-0.3, -0.25) is 39.4 Å². The second kappa shape index (κ2) is 19.3. The number of hydrogen-bond acceptors (Lipinski definition) is 10. The largest absolute Gasteiger partial charge is 0.396 e. The van der Waals surface area contributed by atoms with Crippen LogP contribution in [0.5, 0.6) is 0 Å². The highest BCUT2D eigenvalue weighted by Gasteiger charge is 2.29. The molecule has 236 valence electrons. The molecule has 0 aliphatic carbocycles. The van der Waals surface area contributed by atoms with E-state index in [1.807, 2.05) is 20.0 Å². The Morgan fingerprint density at radius 1 is 1.21 bits per heavy atom. The lowest BCUT2D eigenvalue weighted by atomic mass is 9.97. The number of aliphatic imine (C=N–C) groups is 2. The Balaban J connectivity index is 0.000000448. The summed E-state index contributed by atoms with van der Waals surface area (Å²) in [4.78, 5) is 57.4. The van der Waals surface area contributed by atoms with Crippen LogP contribution in [0.4, 0.5) is 5.69 Å². The number of carbonyl (C=O) groups excluding carboxylic acids is 4. The SMILES string of the molecule is C=N/C=C(/N)C=NCCC(CCNC)CCN1CCN(c2ccc(C=O)c(C)c2)CC1.CN(C=O)C1CCC(=O)NC1=O. The first-order chi connectivity index (χ1) is 20.7. The highest BCUT2D eigenvalue weighted by molar-refractivity contribution is 6.00. The number of carbonyl (C=O) groups is 4. The molecule has 2 atom stereocenters. The topological polar surface area (TPSA) is 153 Å². The summed E-state index contributed by atoms with van der Waals surface area (Å²) in [6, 6.07) is 5.63. The molecule has 0 radical (unpaired) electrons. The number of likely N-dealkylation sites (N-methyl/N-ethyl adjacent to an activating group) is 1. The molecule has 3 amide bonds. The smallest absolute Gasteiger partial charge is 0.249 e. The zero-order valence-corrected chi connectivity index (χ0v) is 25.8. The first-order valence-corrected chi connectivity index (χ1v) is 14.8. The summed E-state index contributed by atoms with van der Waals surface area (Å²) in [6.45, 7) is 12.5. The van der Waals surface area contributed by atoms with Gasteiger partial charge < -0.3 is 20.9 Å². The Hall–Kier alpha value is -3.90. The van der Waals surface area contributed by atoms with Crippen molar-refractivity contribution in [3.63, 3.8) is 0 Å². The number of nitrogens with zero attached hydrogens (tertiary/aromatic N) is 5. The van der Waals surface area contributed by atoms with Crippen LogP contribution < -0.4 is 21.3 Å². The van der Waals surface area contributed by atoms with Crippen LogP contribution in [0.15, 0.2) is 40.1 Å². The Labute approximate surface area is 255 Å². The van der Waals surface area contributed by atoms with E-state index in [4.69, 9.17) is 5.73 Å². The standard InChI is InChI=1S/C24H38N6O.C7H10N2O3/c1-20-16-24(5-4-22(20)19-31)30-14-12-29(13-15-30)11-8-21(6-9-26-2)7-10-28-18-23(25)17-27-3;1-9(4-10)5-2-3-6(11)8-7(5)12/h4-5,16-19,21,26H,3,6-15,25H2,1-2H3;4-5H,2-3H2,1H3,(H,8,11,12)/b23-17+,28-18?;. The molecule has 0 aromatic heterocycles. The van der Waals surface area contributed by atoms with Gasteiger partial charge in [-0.25, -0.2) is 0 Å². The van der Waals surface area contributed by atoms with Crippen molar-refractivity contribution in [2.24, 2.45) is 21.6 Å². The Kier molecular flexibility index (Phi) is 15.9. The van der Waals surface area contributed by atoms with Crippen LogP contribution in [0, 0.1) is 12.8 Å². The normalized spacial score (nSPS) is 18.4. The summed E-state index contributed by atoms with van der Waals surface area (Å²) in [6.07, 6.45) is 8.82. The number of amides is 3. The summed E-state index contributed by atoms with van der Waals surface area (Å²) in [5, 5.41) is 5.44. The molecule has 2 heterocycles. The molecule has 2 saturated heterocycles. The zero-order chi connectivity index (χ0) is 31.6. The average molecular weight is 597 g/mol. The van der Waals surface area contributed by atoms with E-state index in [0.717, 1.165) is 76.1 Å². The maximum absolute atomic E-state index is 11.1. The average Bonchev–Trinajstić information content (AvgIpc) is 3.00. The molecule has 2 unspecified atom stereocenters. The minimum absolute atomic E-state index is 0.268. The van der Waals surface area contributed by atoms with Crippen molar-refractivity contribution in [1.29, 1.82) is 0 Å². The third-order valence-electron chi connectivity index (χ3n) is 7.79. The van der Waals surface area contributed by atoms with Crippen LogP contribution in [0.2, 0.25) is 0 Å². The van der Waals surface area contributed by atoms with Gasteiger partial charge in [-0.2, -0.15) is 0 Å². The van der Waals surface area contributed by atoms with Gasteiger partial charge >= 0.3 is 0 Å². The van der Waals surface area contributed by atoms with Crippen LogP contribution in [0.3, 0.4) is 0 Å². The van der Waals surface area contributed by atoms with Gasteiger partial charge in [-0.1, -0.05) is 0 Å². The fraction of sp³-hybridized carbons (Fsp3) is 0.548. The molecule has 2 aliphatic rings. The lowest BCUT2D eigenvalue weighted by Gasteiger charge is -2.37. The zero-order valence-electron chi connectivity index (χ0n) is 25.8. The van der Waals surface area contributed by atoms with E-state index in [9.17, 15) is 19.2 Å². The highest BCUT2D eigenvalue weighted by atomic mass is 16.2. The first-order valence-electron chi connectivity index (χ1n) is 14.8. The predicted molar refractivity (Wildman–Crippen MR) is 172 cm³/mol. The Bertz CT molecular complexity index is 1130. The molecule has 4 N–H and O–H groups in total. The molecule has 3 rings (SSSR count). The van der Waals surface area contributed by atoms with Gasteiger partial charge in [0.2, 0.25) is 18.2 Å². The molecular weight excluding hydrogens is 548 g/mol. The van der Waals surface area contributed by atoms with E-state index in [1.165, 1.54) is 30.3 Å². The van der Waals surface area contributed by atoms with E-state index in [-0.39, 0.29) is 11.8 Å². The van der Waals surface area contributed by atoms with Gasteiger partial charge in [0.15, 0.2) is 0 Å². The van der Waals surface area contributed by atoms with Gasteiger partial charge in [-0.05, 0) is 89.1 Å². The van der Waals surface area contributed by atoms with E-state index >= 15 is 0 Å². The summed E-state index contributed by atoms with van der Waals surface area (Å²) >= 11 is 0. The minimum Gasteiger partial charge on any atom is -0.396 e. The van der Waals surface area contributed by atoms with Crippen molar-refractivity contribution in [2.45, 2.75) is 45.1 Å². The molecule has 12 nitrogen and oxygen atoms in total. The summed E-state index contributed by atoms with van der Waals surface area (Å²) in [5.74, 6) is -0.0136. The lowest BCUT2D eigenvalue weighted by molar-refractivity contribution is -0.140. The second-order valence-corrected chi connectivity index (χ2v) is 10.9. The van der Waals surface area contributed by atoms with Crippen molar-refractivity contribution >= 4 is 43.1 Å². The Morgan fingerprint density at radius 2 is 1.95 bits per heavy atom. The van der Waals surface area contributed by atoms with Gasteiger partial charge in [0.25, 0.3) is 0 Å². The first kappa shape index (κ1) is 35.3. The highest BCUT2D eigenvalue weighted by Crippen LogP contribution is 2.21. The summed E-state index contributed by atoms with van der Waals surface area (Å²) in [5.41, 5.74) is 9.33. The molecule has 2 fully saturated rings. The third-order valence-corrected chi connectivity index (χ3v) is 7.79. The number of aryl methyl sites for hydroxylation is 1. The number of piperidine rings is 1. The molecular formula is C31H48N8O4. The quantitative estimate of drug-likeness (QED) is 0.156. The van der Waals surface area contributed by atoms with Crippen molar-refractivity contribution in [3.05, 3.63) is 41.2 Å². The predicted octanol–water partition coefficient (Wildman–Crippen LogP) is 1.39. The van der Waals surface area contributed by atoms with E-state index < -0.39 is 6.04 Å². The number of piperazine rings is 1. The number of hydrogen-bond donors (Lipinski definition) is 3. The number of aldehydes is 1. The fourth-order valence-corrected chi connectivity index (χ4v) is 5.08. The number of benzene rings is 1. The van der Waals surface area contributed by atoms with Crippen LogP contribution in [0.25, 0.3) is 0 Å². The second-order valence-electron chi connectivity index (χ2n) is 10.9. The van der Waals surface area contributed by atoms with Gasteiger partial charge in [-0.15, -0.1) is 0 Å². The molecule has 2 aliphatic heterocycles. The number of nitrogens with two attached hydrogens (primary N) is 1. The minimum atomic E-state index is -0.486. The third kappa shape index (κ3) is 12.5. The fourth-order valence-electron chi connectivity index (χ4n) is 5.08. The molecule has 12 heteroatoms. The monoisotopic (exact) mass is 596 g/mol. The van der Waals surface area contributed by atoms with E-state index in [2.05, 4.69) is 49.3 Å². The number of allylic oxidation sites excluding steroid dienone is 1. The summed E-state index contributed by atoms with van der Waals surface area (Å²) < 4.78 is 0. The van der Waals surface area contributed by atoms with Crippen molar-refractivity contribution < 1.29 is 19.2 Å². The molecule has 43 heavy (non-hydrogen) atoms. The van der Waals surface area contributed by atoms with Crippen LogP contribution >= 0.6 is 0 Å². The Morgan fingerprint density at radius 3 is 2.56 bits per heavy atom. The van der Waals surface area contributed by atoms with Crippen molar-refractivity contribution in [2.75, 3.05) is 64.8 Å². The van der Waals surface area contributed by atoms with Crippen LogP contribution in [-0.4, -0.2) is 113 Å². The summed E-state index contributed by atoms with van der Waals surface area (Å²) in [7, 11) is 3.53. The van der Waals surface area contributed by atoms with Crippen molar-refractivity contribution in [1.82, 2.24) is 20.4 Å². The molecule has 1 aromatic carbocycles. The van der Waals surface area contributed by atoms with Crippen LogP contribution in [0.1, 0.15) is 48.0 Å². The van der Waals surface area contributed by atoms with Gasteiger partial charge in [0.05, 0.1) is 11.9 Å². The number of rotatable bonds is 15. The van der Waals surface area contributed by atoms with Gasteiger partial charge in [0, 0.05) is 63.7 Å². The molecule has 0 bridgehead atoms. The van der Waals surface area contributed by atoms with E-state index in [0.29, 0.717) is 30.9 Å². The molecule has 0 saturated carbocycles. The maximum Gasteiger partial charge on any atom is 0.249 e. The van der Waals surface area contributed by atoms with Crippen LogP contribution in [-0.2, 0) is 14.4 Å². The maximum atomic E-state index is 11.1. The van der Waals surface area contributed by atoms with Crippen molar-refractivity contribution in [3.8, 4) is 0 Å². The number of imide groups is 1. The van der Waals surface area contributed by atoms with Gasteiger partial charge in [0.1, 0.15) is 12.3 Å².